The van der Waals surface area contributed by atoms with E-state index in [0.29, 0.717) is 31.3 Å². The van der Waals surface area contributed by atoms with Crippen molar-refractivity contribution in [2.75, 3.05) is 6.54 Å². The van der Waals surface area contributed by atoms with Crippen LogP contribution in [0.15, 0.2) is 11.4 Å². The van der Waals surface area contributed by atoms with E-state index in [1.165, 1.54) is 10.4 Å². The molecule has 1 unspecified atom stereocenters. The zero-order chi connectivity index (χ0) is 14.3. The molecule has 0 aromatic carbocycles. The molecule has 19 heavy (non-hydrogen) atoms. The van der Waals surface area contributed by atoms with Crippen molar-refractivity contribution >= 4 is 17.2 Å². The maximum absolute atomic E-state index is 11.9. The predicted molar refractivity (Wildman–Crippen MR) is 82.2 cm³/mol. The summed E-state index contributed by atoms with van der Waals surface area (Å²) in [5.41, 5.74) is 7.06. The Kier molecular flexibility index (Phi) is 7.10. The lowest BCUT2D eigenvalue weighted by Crippen LogP contribution is -2.28. The molecular formula is C15H26N2OS. The summed E-state index contributed by atoms with van der Waals surface area (Å²) < 4.78 is 0. The van der Waals surface area contributed by atoms with Gasteiger partial charge in [0.25, 0.3) is 0 Å². The fourth-order valence-corrected chi connectivity index (χ4v) is 3.20. The van der Waals surface area contributed by atoms with Gasteiger partial charge in [0.15, 0.2) is 0 Å². The number of carbonyl (C=O) groups is 1. The van der Waals surface area contributed by atoms with Crippen molar-refractivity contribution in [1.29, 1.82) is 0 Å². The summed E-state index contributed by atoms with van der Waals surface area (Å²) in [6.45, 7) is 7.71. The second-order valence-electron chi connectivity index (χ2n) is 5.43. The average molecular weight is 282 g/mol. The van der Waals surface area contributed by atoms with Crippen LogP contribution >= 0.6 is 11.3 Å². The van der Waals surface area contributed by atoms with Gasteiger partial charge in [-0.15, -0.1) is 11.3 Å². The van der Waals surface area contributed by atoms with Crippen LogP contribution in [-0.4, -0.2) is 12.5 Å². The van der Waals surface area contributed by atoms with Gasteiger partial charge in [-0.1, -0.05) is 20.8 Å². The summed E-state index contributed by atoms with van der Waals surface area (Å²) in [6.07, 6.45) is 2.58. The number of amides is 1. The largest absolute Gasteiger partial charge is 0.351 e. The van der Waals surface area contributed by atoms with Crippen LogP contribution in [0.5, 0.6) is 0 Å². The monoisotopic (exact) mass is 282 g/mol. The maximum Gasteiger partial charge on any atom is 0.220 e. The van der Waals surface area contributed by atoms with E-state index in [1.807, 2.05) is 0 Å². The highest BCUT2D eigenvalue weighted by Gasteiger charge is 2.14. The van der Waals surface area contributed by atoms with E-state index < -0.39 is 0 Å². The van der Waals surface area contributed by atoms with E-state index in [1.54, 1.807) is 11.3 Å². The van der Waals surface area contributed by atoms with E-state index in [2.05, 4.69) is 37.5 Å². The number of hydrogen-bond acceptors (Lipinski definition) is 3. The van der Waals surface area contributed by atoms with Crippen LogP contribution in [0, 0.1) is 11.8 Å². The summed E-state index contributed by atoms with van der Waals surface area (Å²) in [6, 6.07) is 2.13. The van der Waals surface area contributed by atoms with Crippen molar-refractivity contribution in [2.24, 2.45) is 17.6 Å². The van der Waals surface area contributed by atoms with Crippen molar-refractivity contribution in [3.8, 4) is 0 Å². The van der Waals surface area contributed by atoms with Gasteiger partial charge >= 0.3 is 0 Å². The highest BCUT2D eigenvalue weighted by atomic mass is 32.1. The van der Waals surface area contributed by atoms with Gasteiger partial charge in [0, 0.05) is 11.3 Å². The first-order valence-corrected chi connectivity index (χ1v) is 7.96. The highest BCUT2D eigenvalue weighted by Crippen LogP contribution is 2.18. The molecular weight excluding hydrogens is 256 g/mol. The molecule has 0 fully saturated rings. The van der Waals surface area contributed by atoms with Crippen molar-refractivity contribution < 1.29 is 4.79 Å². The summed E-state index contributed by atoms with van der Waals surface area (Å²) in [5, 5.41) is 5.10. The van der Waals surface area contributed by atoms with Crippen molar-refractivity contribution in [2.45, 2.75) is 46.6 Å². The maximum atomic E-state index is 11.9. The molecule has 1 amide bonds. The number of rotatable bonds is 8. The Morgan fingerprint density at radius 2 is 2.21 bits per heavy atom. The van der Waals surface area contributed by atoms with Gasteiger partial charge < -0.3 is 11.1 Å². The fourth-order valence-electron chi connectivity index (χ4n) is 2.28. The zero-order valence-electron chi connectivity index (χ0n) is 12.2. The van der Waals surface area contributed by atoms with E-state index in [0.717, 1.165) is 12.8 Å². The Hall–Kier alpha value is -0.870. The molecule has 4 heteroatoms. The third kappa shape index (κ3) is 5.74. The Balaban J connectivity index is 2.38. The van der Waals surface area contributed by atoms with Crippen molar-refractivity contribution in [1.82, 2.24) is 5.32 Å². The smallest absolute Gasteiger partial charge is 0.220 e. The van der Waals surface area contributed by atoms with Gasteiger partial charge in [-0.25, -0.2) is 0 Å². The van der Waals surface area contributed by atoms with E-state index in [9.17, 15) is 4.79 Å². The van der Waals surface area contributed by atoms with Crippen LogP contribution in [0.3, 0.4) is 0 Å². The zero-order valence-corrected chi connectivity index (χ0v) is 13.1. The third-order valence-corrected chi connectivity index (χ3v) is 4.24. The molecule has 1 aromatic rings. The molecule has 0 saturated heterocycles. The number of aryl methyl sites for hydroxylation is 1. The van der Waals surface area contributed by atoms with Crippen LogP contribution in [-0.2, 0) is 17.8 Å². The normalized spacial score (nSPS) is 12.7. The third-order valence-electron chi connectivity index (χ3n) is 3.28. The molecule has 0 aliphatic carbocycles. The Bertz CT molecular complexity index is 387. The first kappa shape index (κ1) is 16.2. The van der Waals surface area contributed by atoms with Crippen LogP contribution < -0.4 is 11.1 Å². The molecule has 3 N–H and O–H groups in total. The van der Waals surface area contributed by atoms with Gasteiger partial charge in [-0.3, -0.25) is 4.79 Å². The summed E-state index contributed by atoms with van der Waals surface area (Å²) in [4.78, 5) is 13.2. The van der Waals surface area contributed by atoms with E-state index in [-0.39, 0.29) is 5.91 Å². The number of carbonyl (C=O) groups excluding carboxylic acids is 1. The minimum Gasteiger partial charge on any atom is -0.351 e. The van der Waals surface area contributed by atoms with Gasteiger partial charge in [-0.05, 0) is 48.2 Å². The van der Waals surface area contributed by atoms with Crippen molar-refractivity contribution in [3.63, 3.8) is 0 Å². The van der Waals surface area contributed by atoms with E-state index >= 15 is 0 Å². The Morgan fingerprint density at radius 3 is 2.79 bits per heavy atom. The predicted octanol–water partition coefficient (Wildman–Crippen LogP) is 2.94. The highest BCUT2D eigenvalue weighted by molar-refractivity contribution is 7.10. The van der Waals surface area contributed by atoms with Gasteiger partial charge in [0.2, 0.25) is 5.91 Å². The summed E-state index contributed by atoms with van der Waals surface area (Å²) in [5.74, 6) is 1.01. The molecule has 1 rings (SSSR count). The second-order valence-corrected chi connectivity index (χ2v) is 6.44. The molecule has 0 aliphatic heterocycles. The Morgan fingerprint density at radius 1 is 1.47 bits per heavy atom. The minimum atomic E-state index is 0.117. The lowest BCUT2D eigenvalue weighted by molar-refractivity contribution is -0.122. The van der Waals surface area contributed by atoms with Crippen LogP contribution in [0.4, 0.5) is 0 Å². The molecule has 0 spiro atoms. The number of nitrogens with two attached hydrogens (primary N) is 1. The number of hydrogen-bond donors (Lipinski definition) is 2. The number of nitrogens with one attached hydrogen (secondary N) is 1. The molecule has 0 bridgehead atoms. The minimum absolute atomic E-state index is 0.117. The average Bonchev–Trinajstić information content (AvgIpc) is 2.82. The number of thiophene rings is 1. The quantitative estimate of drug-likeness (QED) is 0.770. The molecule has 0 aliphatic rings. The molecule has 0 radical (unpaired) electrons. The summed E-state index contributed by atoms with van der Waals surface area (Å²) in [7, 11) is 0. The standard InChI is InChI=1S/C15H26N2OS/c1-4-13-5-6-19-14(13)10-17-15(18)8-12(9-16)7-11(2)3/h5-6,11-12H,4,7-10,16H2,1-3H3,(H,17,18). The lowest BCUT2D eigenvalue weighted by atomic mass is 9.94. The molecule has 1 atom stereocenters. The molecule has 0 saturated carbocycles. The second kappa shape index (κ2) is 8.33. The molecule has 1 heterocycles. The van der Waals surface area contributed by atoms with Gasteiger partial charge in [-0.2, -0.15) is 0 Å². The molecule has 1 aromatic heterocycles. The fraction of sp³-hybridized carbons (Fsp3) is 0.667. The summed E-state index contributed by atoms with van der Waals surface area (Å²) >= 11 is 1.71. The first-order chi connectivity index (χ1) is 9.06. The lowest BCUT2D eigenvalue weighted by Gasteiger charge is -2.16. The van der Waals surface area contributed by atoms with Gasteiger partial charge in [0.1, 0.15) is 0 Å². The van der Waals surface area contributed by atoms with Crippen LogP contribution in [0.2, 0.25) is 0 Å². The van der Waals surface area contributed by atoms with Crippen molar-refractivity contribution in [3.05, 3.63) is 21.9 Å². The van der Waals surface area contributed by atoms with Gasteiger partial charge in [0.05, 0.1) is 6.54 Å². The molecule has 108 valence electrons. The Labute approximate surface area is 120 Å². The molecule has 3 nitrogen and oxygen atoms in total. The topological polar surface area (TPSA) is 55.1 Å². The van der Waals surface area contributed by atoms with E-state index in [4.69, 9.17) is 5.73 Å². The van der Waals surface area contributed by atoms with Crippen LogP contribution in [0.1, 0.15) is 44.1 Å². The van der Waals surface area contributed by atoms with Crippen LogP contribution in [0.25, 0.3) is 0 Å². The SMILES string of the molecule is CCc1ccsc1CNC(=O)CC(CN)CC(C)C. The first-order valence-electron chi connectivity index (χ1n) is 7.08.